The first-order valence-corrected chi connectivity index (χ1v) is 6.72. The number of carbonyl (C=O) groups is 1. The number of aromatic nitrogens is 1. The number of fused-ring (bicyclic) bond motifs is 1. The molecule has 0 fully saturated rings. The summed E-state index contributed by atoms with van der Waals surface area (Å²) in [7, 11) is 0. The van der Waals surface area contributed by atoms with Gasteiger partial charge in [-0.1, -0.05) is 31.3 Å². The van der Waals surface area contributed by atoms with Gasteiger partial charge in [0, 0.05) is 0 Å². The number of hydrogen-bond acceptors (Lipinski definition) is 4. The lowest BCUT2D eigenvalue weighted by atomic mass is 10.1. The second-order valence-electron chi connectivity index (χ2n) is 4.75. The summed E-state index contributed by atoms with van der Waals surface area (Å²) in [5.41, 5.74) is 7.88. The van der Waals surface area contributed by atoms with Crippen LogP contribution in [0.15, 0.2) is 18.2 Å². The lowest BCUT2D eigenvalue weighted by Gasteiger charge is -2.13. The first-order valence-electron chi connectivity index (χ1n) is 5.91. The topological polar surface area (TPSA) is 68.0 Å². The normalized spacial score (nSPS) is 12.9. The van der Waals surface area contributed by atoms with Crippen molar-refractivity contribution in [2.75, 3.05) is 5.32 Å². The monoisotopic (exact) mass is 263 g/mol. The summed E-state index contributed by atoms with van der Waals surface area (Å²) in [5.74, 6) is -0.0672. The highest BCUT2D eigenvalue weighted by atomic mass is 32.1. The highest BCUT2D eigenvalue weighted by Gasteiger charge is 2.18. The fourth-order valence-electron chi connectivity index (χ4n) is 1.58. The van der Waals surface area contributed by atoms with Crippen LogP contribution in [0, 0.1) is 12.8 Å². The molecular formula is C13H17N3OS. The zero-order valence-electron chi connectivity index (χ0n) is 10.7. The number of carbonyl (C=O) groups excluding carboxylic acids is 1. The second-order valence-corrected chi connectivity index (χ2v) is 5.78. The molecule has 3 N–H and O–H groups in total. The molecule has 0 unspecified atom stereocenters. The Bertz CT molecular complexity index is 577. The van der Waals surface area contributed by atoms with Crippen molar-refractivity contribution in [1.82, 2.24) is 4.98 Å². The Labute approximate surface area is 110 Å². The van der Waals surface area contributed by atoms with Crippen molar-refractivity contribution in [2.45, 2.75) is 26.8 Å². The van der Waals surface area contributed by atoms with Crippen molar-refractivity contribution < 1.29 is 4.79 Å². The van der Waals surface area contributed by atoms with E-state index in [1.165, 1.54) is 16.9 Å². The summed E-state index contributed by atoms with van der Waals surface area (Å²) < 4.78 is 1.07. The van der Waals surface area contributed by atoms with Gasteiger partial charge in [-0.05, 0) is 30.5 Å². The number of benzene rings is 1. The minimum atomic E-state index is -0.501. The van der Waals surface area contributed by atoms with Crippen molar-refractivity contribution in [1.29, 1.82) is 0 Å². The van der Waals surface area contributed by atoms with Gasteiger partial charge in [-0.25, -0.2) is 4.98 Å². The van der Waals surface area contributed by atoms with Gasteiger partial charge in [0.05, 0.1) is 16.3 Å². The molecule has 1 atom stereocenters. The first-order chi connectivity index (χ1) is 8.47. The van der Waals surface area contributed by atoms with Crippen molar-refractivity contribution >= 4 is 32.6 Å². The quantitative estimate of drug-likeness (QED) is 0.894. The van der Waals surface area contributed by atoms with Crippen LogP contribution >= 0.6 is 11.3 Å². The van der Waals surface area contributed by atoms with E-state index in [0.717, 1.165) is 10.2 Å². The molecule has 96 valence electrons. The minimum absolute atomic E-state index is 0.113. The van der Waals surface area contributed by atoms with Crippen LogP contribution in [-0.4, -0.2) is 16.9 Å². The Hall–Kier alpha value is -1.46. The molecule has 0 aliphatic rings. The average Bonchev–Trinajstić information content (AvgIpc) is 2.68. The molecule has 18 heavy (non-hydrogen) atoms. The Balaban J connectivity index is 2.20. The van der Waals surface area contributed by atoms with Crippen molar-refractivity contribution in [3.8, 4) is 0 Å². The van der Waals surface area contributed by atoms with E-state index in [4.69, 9.17) is 5.73 Å². The number of nitrogens with zero attached hydrogens (tertiary/aromatic N) is 1. The smallest absolute Gasteiger partial charge is 0.243 e. The van der Waals surface area contributed by atoms with Crippen LogP contribution in [0.3, 0.4) is 0 Å². The molecule has 1 heterocycles. The van der Waals surface area contributed by atoms with Crippen LogP contribution in [0.1, 0.15) is 19.4 Å². The van der Waals surface area contributed by atoms with E-state index in [2.05, 4.69) is 16.4 Å². The summed E-state index contributed by atoms with van der Waals surface area (Å²) in [5, 5.41) is 3.38. The van der Waals surface area contributed by atoms with E-state index in [9.17, 15) is 4.79 Å². The predicted octanol–water partition coefficient (Wildman–Crippen LogP) is 2.53. The van der Waals surface area contributed by atoms with Gasteiger partial charge < -0.3 is 11.1 Å². The lowest BCUT2D eigenvalue weighted by molar-refractivity contribution is -0.118. The van der Waals surface area contributed by atoms with E-state index in [-0.39, 0.29) is 11.8 Å². The van der Waals surface area contributed by atoms with Crippen LogP contribution in [-0.2, 0) is 4.79 Å². The number of nitrogens with one attached hydrogen (secondary N) is 1. The largest absolute Gasteiger partial charge is 0.320 e. The maximum absolute atomic E-state index is 11.8. The molecule has 1 aromatic carbocycles. The molecule has 0 aliphatic heterocycles. The zero-order valence-corrected chi connectivity index (χ0v) is 11.5. The van der Waals surface area contributed by atoms with Gasteiger partial charge in [-0.3, -0.25) is 4.79 Å². The van der Waals surface area contributed by atoms with E-state index in [1.807, 2.05) is 32.9 Å². The molecular weight excluding hydrogens is 246 g/mol. The number of rotatable bonds is 3. The summed E-state index contributed by atoms with van der Waals surface area (Å²) in [4.78, 5) is 16.2. The van der Waals surface area contributed by atoms with Crippen LogP contribution in [0.2, 0.25) is 0 Å². The summed E-state index contributed by atoms with van der Waals surface area (Å²) in [6.45, 7) is 5.88. The molecule has 2 aromatic rings. The number of hydrogen-bond donors (Lipinski definition) is 2. The van der Waals surface area contributed by atoms with Gasteiger partial charge in [0.2, 0.25) is 5.91 Å². The van der Waals surface area contributed by atoms with Gasteiger partial charge in [-0.2, -0.15) is 0 Å². The summed E-state index contributed by atoms with van der Waals surface area (Å²) in [6, 6.07) is 5.52. The van der Waals surface area contributed by atoms with Crippen molar-refractivity contribution in [3.63, 3.8) is 0 Å². The highest BCUT2D eigenvalue weighted by Crippen LogP contribution is 2.26. The van der Waals surface area contributed by atoms with Crippen LogP contribution in [0.4, 0.5) is 5.13 Å². The number of thiazole rings is 1. The van der Waals surface area contributed by atoms with Gasteiger partial charge in [0.1, 0.15) is 0 Å². The molecule has 1 aromatic heterocycles. The standard InChI is InChI=1S/C13H17N3OS/c1-7(2)11(14)12(17)16-13-15-9-5-4-8(3)6-10(9)18-13/h4-7,11H,14H2,1-3H3,(H,15,16,17)/t11-/m1/s1. The van der Waals surface area contributed by atoms with Crippen LogP contribution in [0.5, 0.6) is 0 Å². The van der Waals surface area contributed by atoms with Gasteiger partial charge in [0.25, 0.3) is 0 Å². The molecule has 4 nitrogen and oxygen atoms in total. The summed E-state index contributed by atoms with van der Waals surface area (Å²) in [6.07, 6.45) is 0. The molecule has 0 bridgehead atoms. The molecule has 1 amide bonds. The number of nitrogens with two attached hydrogens (primary N) is 1. The summed E-state index contributed by atoms with van der Waals surface area (Å²) >= 11 is 1.47. The molecule has 0 saturated heterocycles. The maximum atomic E-state index is 11.8. The molecule has 2 rings (SSSR count). The average molecular weight is 263 g/mol. The third-order valence-corrected chi connectivity index (χ3v) is 3.73. The molecule has 0 saturated carbocycles. The highest BCUT2D eigenvalue weighted by molar-refractivity contribution is 7.22. The lowest BCUT2D eigenvalue weighted by Crippen LogP contribution is -2.39. The third-order valence-electron chi connectivity index (χ3n) is 2.80. The van der Waals surface area contributed by atoms with Crippen LogP contribution < -0.4 is 11.1 Å². The van der Waals surface area contributed by atoms with Crippen molar-refractivity contribution in [3.05, 3.63) is 23.8 Å². The van der Waals surface area contributed by atoms with E-state index >= 15 is 0 Å². The van der Waals surface area contributed by atoms with Gasteiger partial charge in [0.15, 0.2) is 5.13 Å². The molecule has 5 heteroatoms. The fraction of sp³-hybridized carbons (Fsp3) is 0.385. The Kier molecular flexibility index (Phi) is 3.63. The molecule has 0 spiro atoms. The van der Waals surface area contributed by atoms with Crippen LogP contribution in [0.25, 0.3) is 10.2 Å². The van der Waals surface area contributed by atoms with Gasteiger partial charge >= 0.3 is 0 Å². The SMILES string of the molecule is Cc1ccc2nc(NC(=O)[C@H](N)C(C)C)sc2c1. The predicted molar refractivity (Wildman–Crippen MR) is 75.8 cm³/mol. The minimum Gasteiger partial charge on any atom is -0.320 e. The third kappa shape index (κ3) is 2.68. The van der Waals surface area contributed by atoms with E-state index < -0.39 is 6.04 Å². The number of anilines is 1. The fourth-order valence-corrected chi connectivity index (χ4v) is 2.54. The number of amides is 1. The zero-order chi connectivity index (χ0) is 13.3. The maximum Gasteiger partial charge on any atom is 0.243 e. The van der Waals surface area contributed by atoms with Gasteiger partial charge in [-0.15, -0.1) is 0 Å². The number of aryl methyl sites for hydroxylation is 1. The second kappa shape index (κ2) is 5.04. The van der Waals surface area contributed by atoms with E-state index in [1.54, 1.807) is 0 Å². The Morgan fingerprint density at radius 1 is 1.44 bits per heavy atom. The van der Waals surface area contributed by atoms with Crippen molar-refractivity contribution in [2.24, 2.45) is 11.7 Å². The van der Waals surface area contributed by atoms with E-state index in [0.29, 0.717) is 5.13 Å². The molecule has 0 aliphatic carbocycles. The first kappa shape index (κ1) is 13.0. The molecule has 0 radical (unpaired) electrons. The Morgan fingerprint density at radius 2 is 2.17 bits per heavy atom. The Morgan fingerprint density at radius 3 is 2.83 bits per heavy atom.